The van der Waals surface area contributed by atoms with Crippen molar-refractivity contribution in [2.75, 3.05) is 0 Å². The number of carboxylic acids is 1. The normalized spacial score (nSPS) is 39.3. The topological polar surface area (TPSA) is 57.6 Å². The third kappa shape index (κ3) is 2.77. The number of carbonyl (C=O) groups is 2. The van der Waals surface area contributed by atoms with Crippen molar-refractivity contribution in [2.45, 2.75) is 65.0 Å². The van der Waals surface area contributed by atoms with Crippen LogP contribution in [-0.4, -0.2) is 34.0 Å². The zero-order valence-corrected chi connectivity index (χ0v) is 12.1. The highest BCUT2D eigenvalue weighted by Crippen LogP contribution is 2.39. The van der Waals surface area contributed by atoms with Crippen molar-refractivity contribution < 1.29 is 14.7 Å². The molecule has 0 aromatic heterocycles. The summed E-state index contributed by atoms with van der Waals surface area (Å²) in [5.74, 6) is -1.18. The monoisotopic (exact) mass is 267 g/mol. The molecule has 1 saturated heterocycles. The number of hydrogen-bond donors (Lipinski definition) is 1. The van der Waals surface area contributed by atoms with Crippen LogP contribution in [0.15, 0.2) is 0 Å². The molecule has 0 bridgehead atoms. The minimum atomic E-state index is -0.806. The van der Waals surface area contributed by atoms with E-state index in [2.05, 4.69) is 13.8 Å². The van der Waals surface area contributed by atoms with Crippen LogP contribution in [0.5, 0.6) is 0 Å². The van der Waals surface area contributed by atoms with Crippen LogP contribution >= 0.6 is 0 Å². The van der Waals surface area contributed by atoms with Gasteiger partial charge in [0.1, 0.15) is 0 Å². The van der Waals surface area contributed by atoms with Crippen LogP contribution in [0, 0.1) is 17.8 Å². The average molecular weight is 267 g/mol. The van der Waals surface area contributed by atoms with Gasteiger partial charge in [-0.05, 0) is 51.9 Å². The molecule has 1 amide bonds. The molecule has 2 rings (SSSR count). The number of aliphatic carboxylic acids is 1. The van der Waals surface area contributed by atoms with E-state index >= 15 is 0 Å². The number of piperidine rings is 1. The highest BCUT2D eigenvalue weighted by Gasteiger charge is 2.44. The van der Waals surface area contributed by atoms with Crippen LogP contribution in [0.2, 0.25) is 0 Å². The third-order valence-corrected chi connectivity index (χ3v) is 4.88. The molecule has 1 saturated carbocycles. The van der Waals surface area contributed by atoms with Gasteiger partial charge in [0.25, 0.3) is 0 Å². The summed E-state index contributed by atoms with van der Waals surface area (Å²) >= 11 is 0. The standard InChI is InChI=1S/C15H25NO3/c1-9-7-12(13(8-9)15(18)19)14(17)16-10(2)5-4-6-11(16)3/h9-13H,4-8H2,1-3H3,(H,18,19). The van der Waals surface area contributed by atoms with Crippen molar-refractivity contribution in [1.82, 2.24) is 4.90 Å². The Morgan fingerprint density at radius 2 is 1.53 bits per heavy atom. The Bertz CT molecular complexity index is 358. The lowest BCUT2D eigenvalue weighted by molar-refractivity contribution is -0.152. The van der Waals surface area contributed by atoms with Crippen LogP contribution in [0.3, 0.4) is 0 Å². The maximum Gasteiger partial charge on any atom is 0.307 e. The molecule has 1 aliphatic carbocycles. The molecule has 0 radical (unpaired) electrons. The summed E-state index contributed by atoms with van der Waals surface area (Å²) in [4.78, 5) is 26.0. The van der Waals surface area contributed by atoms with Gasteiger partial charge in [-0.15, -0.1) is 0 Å². The second-order valence-electron chi connectivity index (χ2n) is 6.50. The summed E-state index contributed by atoms with van der Waals surface area (Å²) in [6, 6.07) is 0.503. The fraction of sp³-hybridized carbons (Fsp3) is 0.867. The molecular weight excluding hydrogens is 242 g/mol. The van der Waals surface area contributed by atoms with E-state index in [1.54, 1.807) is 0 Å². The highest BCUT2D eigenvalue weighted by atomic mass is 16.4. The first-order chi connectivity index (χ1) is 8.91. The largest absolute Gasteiger partial charge is 0.481 e. The second-order valence-corrected chi connectivity index (χ2v) is 6.50. The first-order valence-electron chi connectivity index (χ1n) is 7.46. The molecule has 0 aromatic rings. The number of hydrogen-bond acceptors (Lipinski definition) is 2. The van der Waals surface area contributed by atoms with Gasteiger partial charge in [0.15, 0.2) is 0 Å². The molecule has 0 spiro atoms. The molecule has 1 aliphatic heterocycles. The van der Waals surface area contributed by atoms with Gasteiger partial charge in [0, 0.05) is 12.1 Å². The Kier molecular flexibility index (Phi) is 4.16. The van der Waals surface area contributed by atoms with E-state index in [0.717, 1.165) is 25.7 Å². The number of nitrogens with zero attached hydrogens (tertiary/aromatic N) is 1. The maximum absolute atomic E-state index is 12.7. The Morgan fingerprint density at radius 1 is 1.00 bits per heavy atom. The minimum Gasteiger partial charge on any atom is -0.481 e. The smallest absolute Gasteiger partial charge is 0.307 e. The summed E-state index contributed by atoms with van der Waals surface area (Å²) in [6.45, 7) is 6.22. The van der Waals surface area contributed by atoms with Crippen LogP contribution in [-0.2, 0) is 9.59 Å². The number of amides is 1. The third-order valence-electron chi connectivity index (χ3n) is 4.88. The molecule has 0 aromatic carbocycles. The first kappa shape index (κ1) is 14.4. The first-order valence-corrected chi connectivity index (χ1v) is 7.46. The number of carboxylic acid groups (broad SMARTS) is 1. The average Bonchev–Trinajstić information content (AvgIpc) is 2.71. The van der Waals surface area contributed by atoms with E-state index in [4.69, 9.17) is 0 Å². The van der Waals surface area contributed by atoms with E-state index < -0.39 is 11.9 Å². The van der Waals surface area contributed by atoms with Gasteiger partial charge in [-0.25, -0.2) is 0 Å². The van der Waals surface area contributed by atoms with E-state index in [1.165, 1.54) is 0 Å². The highest BCUT2D eigenvalue weighted by molar-refractivity contribution is 5.85. The zero-order valence-electron chi connectivity index (χ0n) is 12.1. The summed E-state index contributed by atoms with van der Waals surface area (Å²) in [6.07, 6.45) is 4.61. The van der Waals surface area contributed by atoms with Crippen LogP contribution in [0.1, 0.15) is 52.9 Å². The van der Waals surface area contributed by atoms with Crippen LogP contribution in [0.4, 0.5) is 0 Å². The van der Waals surface area contributed by atoms with Crippen molar-refractivity contribution in [1.29, 1.82) is 0 Å². The maximum atomic E-state index is 12.7. The Hall–Kier alpha value is -1.06. The fourth-order valence-corrected chi connectivity index (χ4v) is 3.88. The molecule has 1 N–H and O–H groups in total. The predicted molar refractivity (Wildman–Crippen MR) is 72.6 cm³/mol. The SMILES string of the molecule is CC1CC(C(=O)O)C(C(=O)N2C(C)CCCC2C)C1. The van der Waals surface area contributed by atoms with Crippen molar-refractivity contribution in [2.24, 2.45) is 17.8 Å². The van der Waals surface area contributed by atoms with Crippen LogP contribution < -0.4 is 0 Å². The van der Waals surface area contributed by atoms with Gasteiger partial charge in [-0.1, -0.05) is 6.92 Å². The summed E-state index contributed by atoms with van der Waals surface area (Å²) in [5, 5.41) is 9.31. The molecule has 2 fully saturated rings. The van der Waals surface area contributed by atoms with Crippen molar-refractivity contribution in [3.8, 4) is 0 Å². The van der Waals surface area contributed by atoms with Gasteiger partial charge in [-0.2, -0.15) is 0 Å². The van der Waals surface area contributed by atoms with Gasteiger partial charge in [0.2, 0.25) is 5.91 Å². The summed E-state index contributed by atoms with van der Waals surface area (Å²) < 4.78 is 0. The Labute approximate surface area is 115 Å². The lowest BCUT2D eigenvalue weighted by atomic mass is 9.90. The van der Waals surface area contributed by atoms with Gasteiger partial charge in [0.05, 0.1) is 11.8 Å². The van der Waals surface area contributed by atoms with Crippen molar-refractivity contribution >= 4 is 11.9 Å². The molecular formula is C15H25NO3. The second kappa shape index (κ2) is 5.51. The molecule has 19 heavy (non-hydrogen) atoms. The van der Waals surface area contributed by atoms with E-state index in [-0.39, 0.29) is 23.9 Å². The molecule has 2 aliphatic rings. The molecule has 5 atom stereocenters. The molecule has 4 heteroatoms. The van der Waals surface area contributed by atoms with Crippen molar-refractivity contribution in [3.63, 3.8) is 0 Å². The van der Waals surface area contributed by atoms with Gasteiger partial charge in [-0.3, -0.25) is 9.59 Å². The summed E-state index contributed by atoms with van der Waals surface area (Å²) in [7, 11) is 0. The fourth-order valence-electron chi connectivity index (χ4n) is 3.88. The zero-order chi connectivity index (χ0) is 14.2. The van der Waals surface area contributed by atoms with Crippen molar-refractivity contribution in [3.05, 3.63) is 0 Å². The molecule has 1 heterocycles. The van der Waals surface area contributed by atoms with E-state index in [0.29, 0.717) is 12.3 Å². The predicted octanol–water partition coefficient (Wildman–Crippen LogP) is 2.52. The van der Waals surface area contributed by atoms with Gasteiger partial charge >= 0.3 is 5.97 Å². The van der Waals surface area contributed by atoms with E-state index in [1.807, 2.05) is 11.8 Å². The quantitative estimate of drug-likeness (QED) is 0.836. The molecule has 108 valence electrons. The lowest BCUT2D eigenvalue weighted by Gasteiger charge is -2.41. The molecule has 4 nitrogen and oxygen atoms in total. The number of rotatable bonds is 2. The number of carbonyl (C=O) groups excluding carboxylic acids is 1. The Morgan fingerprint density at radius 3 is 2.05 bits per heavy atom. The number of likely N-dealkylation sites (tertiary alicyclic amines) is 1. The summed E-state index contributed by atoms with van der Waals surface area (Å²) in [5.41, 5.74) is 0. The molecule has 5 unspecified atom stereocenters. The van der Waals surface area contributed by atoms with E-state index in [9.17, 15) is 14.7 Å². The Balaban J connectivity index is 2.15. The van der Waals surface area contributed by atoms with Gasteiger partial charge < -0.3 is 10.0 Å². The minimum absolute atomic E-state index is 0.0800. The van der Waals surface area contributed by atoms with Crippen LogP contribution in [0.25, 0.3) is 0 Å². The lowest BCUT2D eigenvalue weighted by Crippen LogP contribution is -2.50.